The van der Waals surface area contributed by atoms with Crippen molar-refractivity contribution in [1.82, 2.24) is 16.0 Å². The van der Waals surface area contributed by atoms with E-state index < -0.39 is 11.5 Å². The third-order valence-electron chi connectivity index (χ3n) is 6.67. The van der Waals surface area contributed by atoms with E-state index in [1.165, 1.54) is 0 Å². The first-order chi connectivity index (χ1) is 15.4. The Labute approximate surface area is 191 Å². The summed E-state index contributed by atoms with van der Waals surface area (Å²) in [5.74, 6) is -0.208. The quantitative estimate of drug-likeness (QED) is 0.631. The molecule has 6 nitrogen and oxygen atoms in total. The van der Waals surface area contributed by atoms with Crippen molar-refractivity contribution in [2.24, 2.45) is 11.3 Å². The zero-order chi connectivity index (χ0) is 23.0. The molecular weight excluding hydrogens is 402 g/mol. The Bertz CT molecular complexity index is 821. The van der Waals surface area contributed by atoms with Crippen LogP contribution in [0.25, 0.3) is 0 Å². The summed E-state index contributed by atoms with van der Waals surface area (Å²) < 4.78 is 0. The maximum Gasteiger partial charge on any atom is 0.242 e. The molecule has 3 amide bonds. The number of amides is 3. The van der Waals surface area contributed by atoms with Crippen LogP contribution in [-0.4, -0.2) is 36.9 Å². The number of nitrogens with one attached hydrogen (secondary N) is 3. The van der Waals surface area contributed by atoms with Crippen LogP contribution >= 0.6 is 0 Å². The number of rotatable bonds is 3. The molecule has 6 heteroatoms. The van der Waals surface area contributed by atoms with Crippen molar-refractivity contribution in [3.63, 3.8) is 0 Å². The lowest BCUT2D eigenvalue weighted by Gasteiger charge is -2.26. The van der Waals surface area contributed by atoms with Gasteiger partial charge in [-0.1, -0.05) is 56.3 Å². The second-order valence-electron chi connectivity index (χ2n) is 9.59. The zero-order valence-electron chi connectivity index (χ0n) is 19.4. The van der Waals surface area contributed by atoms with Crippen LogP contribution in [0.2, 0.25) is 0 Å². The minimum absolute atomic E-state index is 0.0805. The summed E-state index contributed by atoms with van der Waals surface area (Å²) in [7, 11) is 0. The van der Waals surface area contributed by atoms with Gasteiger partial charge in [0.15, 0.2) is 0 Å². The van der Waals surface area contributed by atoms with Gasteiger partial charge in [0, 0.05) is 13.1 Å². The first kappa shape index (κ1) is 24.0. The third-order valence-corrected chi connectivity index (χ3v) is 6.67. The van der Waals surface area contributed by atoms with E-state index >= 15 is 0 Å². The molecule has 2 aliphatic heterocycles. The van der Waals surface area contributed by atoms with Gasteiger partial charge in [-0.3, -0.25) is 14.4 Å². The fraction of sp³-hybridized carbons (Fsp3) is 0.577. The van der Waals surface area contributed by atoms with Crippen molar-refractivity contribution >= 4 is 17.7 Å². The Morgan fingerprint density at radius 1 is 0.969 bits per heavy atom. The monoisotopic (exact) mass is 439 g/mol. The number of carbonyl (C=O) groups excluding carboxylic acids is 3. The average Bonchev–Trinajstić information content (AvgIpc) is 3.12. The maximum absolute atomic E-state index is 13.3. The van der Waals surface area contributed by atoms with Crippen molar-refractivity contribution < 1.29 is 14.4 Å². The van der Waals surface area contributed by atoms with Crippen LogP contribution in [0.4, 0.5) is 0 Å². The summed E-state index contributed by atoms with van der Waals surface area (Å²) in [4.78, 5) is 38.9. The number of hydrogen-bond donors (Lipinski definition) is 3. The zero-order valence-corrected chi connectivity index (χ0v) is 19.4. The summed E-state index contributed by atoms with van der Waals surface area (Å²) in [6, 6.07) is 9.22. The third kappa shape index (κ3) is 6.21. The van der Waals surface area contributed by atoms with Gasteiger partial charge in [0.1, 0.15) is 6.04 Å². The fourth-order valence-electron chi connectivity index (χ4n) is 4.78. The van der Waals surface area contributed by atoms with Gasteiger partial charge in [0.05, 0.1) is 11.3 Å². The van der Waals surface area contributed by atoms with Crippen LogP contribution in [0.5, 0.6) is 0 Å². The highest BCUT2D eigenvalue weighted by molar-refractivity contribution is 5.90. The molecule has 0 radical (unpaired) electrons. The SMILES string of the molecule is CC(C)C[C@@H]1NC(=O)C(c2ccccc2)CCC/C=C/CC2(CCNC1=O)CCNC2=O. The molecule has 1 saturated heterocycles. The van der Waals surface area contributed by atoms with Gasteiger partial charge in [0.2, 0.25) is 17.7 Å². The second kappa shape index (κ2) is 11.3. The molecular formula is C26H37N3O3. The van der Waals surface area contributed by atoms with Gasteiger partial charge < -0.3 is 16.0 Å². The van der Waals surface area contributed by atoms with E-state index in [1.807, 2.05) is 44.2 Å². The Hall–Kier alpha value is -2.63. The average molecular weight is 440 g/mol. The Kier molecular flexibility index (Phi) is 8.48. The van der Waals surface area contributed by atoms with Gasteiger partial charge in [-0.15, -0.1) is 0 Å². The van der Waals surface area contributed by atoms with Gasteiger partial charge in [-0.05, 0) is 56.4 Å². The molecule has 32 heavy (non-hydrogen) atoms. The van der Waals surface area contributed by atoms with Crippen molar-refractivity contribution in [2.75, 3.05) is 13.1 Å². The molecule has 1 fully saturated rings. The largest absolute Gasteiger partial charge is 0.356 e. The lowest BCUT2D eigenvalue weighted by molar-refractivity contribution is -0.130. The lowest BCUT2D eigenvalue weighted by Crippen LogP contribution is -2.49. The molecule has 0 aromatic heterocycles. The minimum atomic E-state index is -0.578. The Balaban J connectivity index is 1.82. The second-order valence-corrected chi connectivity index (χ2v) is 9.59. The standard InChI is InChI=1S/C26H37N3O3/c1-19(2)18-22-24(31)27-16-14-26(15-17-28-25(26)32)13-9-4-3-8-12-21(23(30)29-22)20-10-6-5-7-11-20/h4-7,9-11,19,21-22H,3,8,12-18H2,1-2H3,(H,27,31)(H,28,32)(H,29,30)/b9-4+/t21?,22-,26?/m0/s1. The number of carbonyl (C=O) groups is 3. The number of allylic oxidation sites excluding steroid dienone is 2. The molecule has 1 aromatic rings. The summed E-state index contributed by atoms with van der Waals surface area (Å²) in [5, 5.41) is 8.99. The van der Waals surface area contributed by atoms with Gasteiger partial charge >= 0.3 is 0 Å². The van der Waals surface area contributed by atoms with E-state index in [2.05, 4.69) is 28.1 Å². The van der Waals surface area contributed by atoms with E-state index in [0.29, 0.717) is 38.8 Å². The molecule has 0 aliphatic carbocycles. The van der Waals surface area contributed by atoms with Crippen molar-refractivity contribution in [3.05, 3.63) is 48.0 Å². The van der Waals surface area contributed by atoms with Crippen molar-refractivity contribution in [1.29, 1.82) is 0 Å². The molecule has 3 rings (SSSR count). The van der Waals surface area contributed by atoms with Crippen LogP contribution in [0, 0.1) is 11.3 Å². The Morgan fingerprint density at radius 3 is 2.38 bits per heavy atom. The van der Waals surface area contributed by atoms with E-state index in [-0.39, 0.29) is 29.6 Å². The highest BCUT2D eigenvalue weighted by atomic mass is 16.2. The van der Waals surface area contributed by atoms with E-state index in [1.54, 1.807) is 0 Å². The number of benzene rings is 1. The van der Waals surface area contributed by atoms with Crippen LogP contribution in [0.3, 0.4) is 0 Å². The van der Waals surface area contributed by atoms with Gasteiger partial charge in [-0.2, -0.15) is 0 Å². The highest BCUT2D eigenvalue weighted by Crippen LogP contribution is 2.35. The predicted molar refractivity (Wildman–Crippen MR) is 126 cm³/mol. The van der Waals surface area contributed by atoms with Gasteiger partial charge in [-0.25, -0.2) is 0 Å². The molecule has 1 spiro atoms. The lowest BCUT2D eigenvalue weighted by atomic mass is 9.79. The van der Waals surface area contributed by atoms with E-state index in [4.69, 9.17) is 0 Å². The van der Waals surface area contributed by atoms with Crippen LogP contribution in [-0.2, 0) is 14.4 Å². The Morgan fingerprint density at radius 2 is 1.69 bits per heavy atom. The molecule has 0 bridgehead atoms. The first-order valence-corrected chi connectivity index (χ1v) is 12.0. The molecule has 3 N–H and O–H groups in total. The minimum Gasteiger partial charge on any atom is -0.356 e. The summed E-state index contributed by atoms with van der Waals surface area (Å²) in [5.41, 5.74) is 0.524. The van der Waals surface area contributed by atoms with Crippen molar-refractivity contribution in [2.45, 2.75) is 70.8 Å². The smallest absolute Gasteiger partial charge is 0.242 e. The fourth-order valence-corrected chi connectivity index (χ4v) is 4.78. The molecule has 2 heterocycles. The molecule has 174 valence electrons. The van der Waals surface area contributed by atoms with E-state index in [0.717, 1.165) is 24.8 Å². The maximum atomic E-state index is 13.3. The predicted octanol–water partition coefficient (Wildman–Crippen LogP) is 3.44. The van der Waals surface area contributed by atoms with Crippen molar-refractivity contribution in [3.8, 4) is 0 Å². The highest BCUT2D eigenvalue weighted by Gasteiger charge is 2.41. The molecule has 2 aliphatic rings. The van der Waals surface area contributed by atoms with Crippen LogP contribution in [0.1, 0.15) is 70.3 Å². The van der Waals surface area contributed by atoms with Crippen LogP contribution < -0.4 is 16.0 Å². The summed E-state index contributed by atoms with van der Waals surface area (Å²) in [6.45, 7) is 5.21. The van der Waals surface area contributed by atoms with Gasteiger partial charge in [0.25, 0.3) is 0 Å². The number of hydrogen-bond acceptors (Lipinski definition) is 3. The van der Waals surface area contributed by atoms with E-state index in [9.17, 15) is 14.4 Å². The normalized spacial score (nSPS) is 29.0. The summed E-state index contributed by atoms with van der Waals surface area (Å²) >= 11 is 0. The van der Waals surface area contributed by atoms with Crippen LogP contribution in [0.15, 0.2) is 42.5 Å². The first-order valence-electron chi connectivity index (χ1n) is 12.0. The summed E-state index contributed by atoms with van der Waals surface area (Å²) in [6.07, 6.45) is 9.32. The molecule has 1 aromatic carbocycles. The molecule has 2 unspecified atom stereocenters. The molecule has 3 atom stereocenters. The topological polar surface area (TPSA) is 87.3 Å². The molecule has 0 saturated carbocycles.